The number of halogens is 1. The Morgan fingerprint density at radius 3 is 2.83 bits per heavy atom. The number of ether oxygens (including phenoxy) is 1. The van der Waals surface area contributed by atoms with Crippen molar-refractivity contribution in [3.8, 4) is 0 Å². The van der Waals surface area contributed by atoms with Crippen LogP contribution in [0.5, 0.6) is 0 Å². The zero-order chi connectivity index (χ0) is 13.2. The summed E-state index contributed by atoms with van der Waals surface area (Å²) in [5.41, 5.74) is 0.561. The predicted molar refractivity (Wildman–Crippen MR) is 73.7 cm³/mol. The zero-order valence-electron chi connectivity index (χ0n) is 10.8. The summed E-state index contributed by atoms with van der Waals surface area (Å²) in [6, 6.07) is 1.85. The lowest BCUT2D eigenvalue weighted by Crippen LogP contribution is -2.49. The van der Waals surface area contributed by atoms with Gasteiger partial charge in [-0.2, -0.15) is 0 Å². The lowest BCUT2D eigenvalue weighted by molar-refractivity contribution is -0.0679. The van der Waals surface area contributed by atoms with E-state index >= 15 is 0 Å². The Kier molecular flexibility index (Phi) is 4.12. The fourth-order valence-corrected chi connectivity index (χ4v) is 2.75. The van der Waals surface area contributed by atoms with Crippen molar-refractivity contribution in [1.29, 1.82) is 0 Å². The standard InChI is InChI=1S/C13H19BrN2O2/c1-3-16-8-10(14)7-11(16)12(17)15-9-13(18-2)5-4-6-13/h7-8H,3-6,9H2,1-2H3,(H,15,17). The number of carbonyl (C=O) groups excluding carboxylic acids is 1. The Bertz CT molecular complexity index is 433. The second-order valence-corrected chi connectivity index (χ2v) is 5.67. The van der Waals surface area contributed by atoms with Gasteiger partial charge in [-0.15, -0.1) is 0 Å². The number of aryl methyl sites for hydroxylation is 1. The van der Waals surface area contributed by atoms with E-state index in [-0.39, 0.29) is 11.5 Å². The molecule has 1 amide bonds. The first-order valence-corrected chi connectivity index (χ1v) is 7.08. The highest BCUT2D eigenvalue weighted by atomic mass is 79.9. The van der Waals surface area contributed by atoms with E-state index in [1.807, 2.05) is 23.8 Å². The van der Waals surface area contributed by atoms with Crippen molar-refractivity contribution >= 4 is 21.8 Å². The first kappa shape index (κ1) is 13.6. The van der Waals surface area contributed by atoms with Crippen LogP contribution >= 0.6 is 15.9 Å². The van der Waals surface area contributed by atoms with Crippen LogP contribution in [0.25, 0.3) is 0 Å². The van der Waals surface area contributed by atoms with Gasteiger partial charge in [0.2, 0.25) is 0 Å². The molecule has 1 N–H and O–H groups in total. The molecular weight excluding hydrogens is 296 g/mol. The predicted octanol–water partition coefficient (Wildman–Crippen LogP) is 2.57. The van der Waals surface area contributed by atoms with Crippen LogP contribution in [0, 0.1) is 0 Å². The maximum Gasteiger partial charge on any atom is 0.268 e. The summed E-state index contributed by atoms with van der Waals surface area (Å²) >= 11 is 3.40. The van der Waals surface area contributed by atoms with Crippen LogP contribution in [-0.4, -0.2) is 29.7 Å². The molecule has 1 aromatic heterocycles. The third-order valence-corrected chi connectivity index (χ3v) is 4.14. The van der Waals surface area contributed by atoms with Gasteiger partial charge < -0.3 is 14.6 Å². The normalized spacial score (nSPS) is 17.3. The van der Waals surface area contributed by atoms with Gasteiger partial charge in [0.05, 0.1) is 5.60 Å². The van der Waals surface area contributed by atoms with E-state index in [9.17, 15) is 4.79 Å². The van der Waals surface area contributed by atoms with Gasteiger partial charge in [-0.3, -0.25) is 4.79 Å². The molecule has 18 heavy (non-hydrogen) atoms. The van der Waals surface area contributed by atoms with Crippen molar-refractivity contribution in [2.75, 3.05) is 13.7 Å². The molecule has 1 fully saturated rings. The molecule has 2 rings (SSSR count). The molecule has 1 aromatic rings. The number of carbonyl (C=O) groups is 1. The minimum absolute atomic E-state index is 0.0362. The minimum Gasteiger partial charge on any atom is -0.376 e. The van der Waals surface area contributed by atoms with Crippen molar-refractivity contribution in [2.45, 2.75) is 38.3 Å². The van der Waals surface area contributed by atoms with Crippen LogP contribution in [0.3, 0.4) is 0 Å². The van der Waals surface area contributed by atoms with Crippen LogP contribution in [0.2, 0.25) is 0 Å². The van der Waals surface area contributed by atoms with Crippen molar-refractivity contribution in [3.05, 3.63) is 22.4 Å². The number of nitrogens with one attached hydrogen (secondary N) is 1. The van der Waals surface area contributed by atoms with E-state index in [0.29, 0.717) is 12.2 Å². The van der Waals surface area contributed by atoms with Crippen LogP contribution in [0.4, 0.5) is 0 Å². The number of nitrogens with zero attached hydrogens (tertiary/aromatic N) is 1. The fourth-order valence-electron chi connectivity index (χ4n) is 2.28. The summed E-state index contributed by atoms with van der Waals surface area (Å²) in [4.78, 5) is 12.1. The number of rotatable bonds is 5. The highest BCUT2D eigenvalue weighted by Crippen LogP contribution is 2.34. The Hall–Kier alpha value is -0.810. The van der Waals surface area contributed by atoms with E-state index < -0.39 is 0 Å². The summed E-state index contributed by atoms with van der Waals surface area (Å²) < 4.78 is 8.35. The summed E-state index contributed by atoms with van der Waals surface area (Å²) in [7, 11) is 1.72. The van der Waals surface area contributed by atoms with Gasteiger partial charge in [-0.25, -0.2) is 0 Å². The molecule has 100 valence electrons. The van der Waals surface area contributed by atoms with E-state index in [4.69, 9.17) is 4.74 Å². The molecule has 1 aliphatic rings. The van der Waals surface area contributed by atoms with Crippen LogP contribution in [0.1, 0.15) is 36.7 Å². The van der Waals surface area contributed by atoms with Crippen molar-refractivity contribution in [1.82, 2.24) is 9.88 Å². The molecule has 0 aliphatic heterocycles. The van der Waals surface area contributed by atoms with Crippen molar-refractivity contribution in [2.24, 2.45) is 0 Å². The molecule has 0 bridgehead atoms. The summed E-state index contributed by atoms with van der Waals surface area (Å²) in [6.07, 6.45) is 5.16. The maximum absolute atomic E-state index is 12.1. The Morgan fingerprint density at radius 1 is 1.61 bits per heavy atom. The van der Waals surface area contributed by atoms with Gasteiger partial charge in [0.1, 0.15) is 5.69 Å². The Morgan fingerprint density at radius 2 is 2.33 bits per heavy atom. The highest BCUT2D eigenvalue weighted by molar-refractivity contribution is 9.10. The van der Waals surface area contributed by atoms with E-state index in [0.717, 1.165) is 23.9 Å². The quantitative estimate of drug-likeness (QED) is 0.907. The molecule has 0 saturated heterocycles. The smallest absolute Gasteiger partial charge is 0.268 e. The highest BCUT2D eigenvalue weighted by Gasteiger charge is 2.37. The van der Waals surface area contributed by atoms with Gasteiger partial charge in [0.25, 0.3) is 5.91 Å². The number of aromatic nitrogens is 1. The minimum atomic E-state index is -0.128. The first-order valence-electron chi connectivity index (χ1n) is 6.29. The number of hydrogen-bond donors (Lipinski definition) is 1. The number of amides is 1. The molecule has 0 atom stereocenters. The van der Waals surface area contributed by atoms with Gasteiger partial charge >= 0.3 is 0 Å². The topological polar surface area (TPSA) is 43.3 Å². The second kappa shape index (κ2) is 5.45. The van der Waals surface area contributed by atoms with Gasteiger partial charge in [0, 0.05) is 30.9 Å². The Labute approximate surface area is 116 Å². The molecule has 0 aromatic carbocycles. The molecule has 4 nitrogen and oxygen atoms in total. The van der Waals surface area contributed by atoms with Gasteiger partial charge in [0.15, 0.2) is 0 Å². The van der Waals surface area contributed by atoms with E-state index in [1.54, 1.807) is 7.11 Å². The van der Waals surface area contributed by atoms with Crippen LogP contribution in [-0.2, 0) is 11.3 Å². The third-order valence-electron chi connectivity index (χ3n) is 3.71. The summed E-state index contributed by atoms with van der Waals surface area (Å²) in [6.45, 7) is 3.39. The summed E-state index contributed by atoms with van der Waals surface area (Å²) in [5, 5.41) is 2.98. The lowest BCUT2D eigenvalue weighted by atomic mass is 9.80. The van der Waals surface area contributed by atoms with Gasteiger partial charge in [-0.05, 0) is 48.2 Å². The molecule has 1 saturated carbocycles. The molecule has 5 heteroatoms. The zero-order valence-corrected chi connectivity index (χ0v) is 12.4. The first-order chi connectivity index (χ1) is 8.60. The monoisotopic (exact) mass is 314 g/mol. The maximum atomic E-state index is 12.1. The average Bonchev–Trinajstić information content (AvgIpc) is 2.69. The van der Waals surface area contributed by atoms with E-state index in [2.05, 4.69) is 21.2 Å². The number of methoxy groups -OCH3 is 1. The molecule has 0 spiro atoms. The molecule has 0 unspecified atom stereocenters. The Balaban J connectivity index is 1.99. The second-order valence-electron chi connectivity index (χ2n) is 4.75. The average molecular weight is 315 g/mol. The van der Waals surface area contributed by atoms with Crippen LogP contribution in [0.15, 0.2) is 16.7 Å². The molecular formula is C13H19BrN2O2. The molecule has 1 aliphatic carbocycles. The lowest BCUT2D eigenvalue weighted by Gasteiger charge is -2.40. The van der Waals surface area contributed by atoms with Crippen molar-refractivity contribution < 1.29 is 9.53 Å². The fraction of sp³-hybridized carbons (Fsp3) is 0.615. The SMILES string of the molecule is CCn1cc(Br)cc1C(=O)NCC1(OC)CCC1. The van der Waals surface area contributed by atoms with Gasteiger partial charge in [-0.1, -0.05) is 0 Å². The largest absolute Gasteiger partial charge is 0.376 e. The van der Waals surface area contributed by atoms with Crippen LogP contribution < -0.4 is 5.32 Å². The third kappa shape index (κ3) is 2.62. The summed E-state index contributed by atoms with van der Waals surface area (Å²) in [5.74, 6) is -0.0362. The van der Waals surface area contributed by atoms with Crippen molar-refractivity contribution in [3.63, 3.8) is 0 Å². The molecule has 0 radical (unpaired) electrons. The molecule has 1 heterocycles. The van der Waals surface area contributed by atoms with E-state index in [1.165, 1.54) is 6.42 Å². The number of hydrogen-bond acceptors (Lipinski definition) is 2.